The zero-order chi connectivity index (χ0) is 16.2. The highest BCUT2D eigenvalue weighted by atomic mass is 16.5. The van der Waals surface area contributed by atoms with Crippen LogP contribution in [0, 0.1) is 11.3 Å². The van der Waals surface area contributed by atoms with Crippen LogP contribution in [0.5, 0.6) is 0 Å². The van der Waals surface area contributed by atoms with Crippen LogP contribution in [-0.2, 0) is 9.47 Å². The van der Waals surface area contributed by atoms with Crippen LogP contribution in [0.4, 0.5) is 0 Å². The number of nitrogens with zero attached hydrogens (tertiary/aromatic N) is 1. The molecule has 2 N–H and O–H groups in total. The van der Waals surface area contributed by atoms with Gasteiger partial charge in [0.2, 0.25) is 0 Å². The van der Waals surface area contributed by atoms with Crippen molar-refractivity contribution in [3.63, 3.8) is 0 Å². The lowest BCUT2D eigenvalue weighted by atomic mass is 9.56. The molecule has 0 aromatic rings. The molecule has 2 aliphatic rings. The minimum absolute atomic E-state index is 0.0529. The highest BCUT2D eigenvalue weighted by Crippen LogP contribution is 2.51. The number of methoxy groups -OCH3 is 1. The van der Waals surface area contributed by atoms with Gasteiger partial charge in [-0.15, -0.1) is 0 Å². The number of rotatable bonds is 5. The Balaban J connectivity index is 1.91. The molecule has 1 heterocycles. The fourth-order valence-electron chi connectivity index (χ4n) is 3.36. The van der Waals surface area contributed by atoms with Gasteiger partial charge in [-0.3, -0.25) is 4.99 Å². The number of guanidine groups is 1. The molecular formula is C17H33N3O2. The van der Waals surface area contributed by atoms with Crippen molar-refractivity contribution in [2.45, 2.75) is 58.6 Å². The quantitative estimate of drug-likeness (QED) is 0.603. The van der Waals surface area contributed by atoms with Crippen molar-refractivity contribution >= 4 is 5.96 Å². The monoisotopic (exact) mass is 311 g/mol. The van der Waals surface area contributed by atoms with Gasteiger partial charge in [-0.25, -0.2) is 0 Å². The molecule has 2 atom stereocenters. The molecule has 0 spiro atoms. The predicted octanol–water partition coefficient (Wildman–Crippen LogP) is 2.17. The highest BCUT2D eigenvalue weighted by Gasteiger charge is 2.58. The summed E-state index contributed by atoms with van der Waals surface area (Å²) in [4.78, 5) is 4.80. The Labute approximate surface area is 135 Å². The molecule has 1 saturated carbocycles. The van der Waals surface area contributed by atoms with Gasteiger partial charge in [0.1, 0.15) is 0 Å². The van der Waals surface area contributed by atoms with E-state index in [4.69, 9.17) is 14.5 Å². The van der Waals surface area contributed by atoms with Crippen LogP contribution in [0.2, 0.25) is 0 Å². The second-order valence-electron chi connectivity index (χ2n) is 7.33. The van der Waals surface area contributed by atoms with Crippen molar-refractivity contribution in [3.8, 4) is 0 Å². The van der Waals surface area contributed by atoms with Crippen LogP contribution in [0.25, 0.3) is 0 Å². The van der Waals surface area contributed by atoms with E-state index >= 15 is 0 Å². The van der Waals surface area contributed by atoms with E-state index in [1.54, 1.807) is 0 Å². The molecule has 0 bridgehead atoms. The summed E-state index contributed by atoms with van der Waals surface area (Å²) < 4.78 is 11.1. The van der Waals surface area contributed by atoms with Gasteiger partial charge in [0.25, 0.3) is 0 Å². The van der Waals surface area contributed by atoms with Crippen molar-refractivity contribution in [3.05, 3.63) is 0 Å². The third kappa shape index (κ3) is 3.57. The van der Waals surface area contributed by atoms with Crippen LogP contribution in [0.3, 0.4) is 0 Å². The lowest BCUT2D eigenvalue weighted by Gasteiger charge is -2.59. The Kier molecular flexibility index (Phi) is 5.72. The summed E-state index contributed by atoms with van der Waals surface area (Å²) in [5, 5.41) is 6.97. The molecule has 2 fully saturated rings. The Hall–Kier alpha value is -0.810. The van der Waals surface area contributed by atoms with E-state index in [9.17, 15) is 0 Å². The Morgan fingerprint density at radius 2 is 1.95 bits per heavy atom. The molecule has 2 rings (SSSR count). The van der Waals surface area contributed by atoms with Crippen LogP contribution in [0.1, 0.15) is 47.0 Å². The molecule has 0 aromatic carbocycles. The topological polar surface area (TPSA) is 54.9 Å². The normalized spacial score (nSPS) is 32.4. The minimum Gasteiger partial charge on any atom is -0.381 e. The summed E-state index contributed by atoms with van der Waals surface area (Å²) in [5.41, 5.74) is 0.0410. The average Bonchev–Trinajstić information content (AvgIpc) is 2.52. The third-order valence-corrected chi connectivity index (χ3v) is 5.78. The standard InChI is InChI=1S/C17H33N3O2/c1-6-18-15(19-12-13-7-9-22-10-8-13)20-14-11-17(4,21-5)16(14,2)3/h13-14H,6-12H2,1-5H3,(H2,18,19,20). The lowest BCUT2D eigenvalue weighted by molar-refractivity contribution is -0.176. The fraction of sp³-hybridized carbons (Fsp3) is 0.941. The molecular weight excluding hydrogens is 278 g/mol. The molecule has 1 aliphatic heterocycles. The maximum atomic E-state index is 5.70. The third-order valence-electron chi connectivity index (χ3n) is 5.78. The summed E-state index contributed by atoms with van der Waals surface area (Å²) in [6.45, 7) is 12.4. The van der Waals surface area contributed by atoms with E-state index in [-0.39, 0.29) is 11.0 Å². The first-order valence-corrected chi connectivity index (χ1v) is 8.60. The molecule has 5 heteroatoms. The smallest absolute Gasteiger partial charge is 0.191 e. The van der Waals surface area contributed by atoms with Gasteiger partial charge >= 0.3 is 0 Å². The SMILES string of the molecule is CCNC(=NCC1CCOCC1)NC1CC(C)(OC)C1(C)C. The maximum absolute atomic E-state index is 5.70. The van der Waals surface area contributed by atoms with Crippen LogP contribution < -0.4 is 10.6 Å². The van der Waals surface area contributed by atoms with E-state index in [0.717, 1.165) is 51.5 Å². The fourth-order valence-corrected chi connectivity index (χ4v) is 3.36. The van der Waals surface area contributed by atoms with Gasteiger partial charge < -0.3 is 20.1 Å². The largest absolute Gasteiger partial charge is 0.381 e. The zero-order valence-corrected chi connectivity index (χ0v) is 14.9. The van der Waals surface area contributed by atoms with Gasteiger partial charge in [0, 0.05) is 44.9 Å². The van der Waals surface area contributed by atoms with Crippen molar-refractivity contribution in [2.75, 3.05) is 33.4 Å². The predicted molar refractivity (Wildman–Crippen MR) is 90.3 cm³/mol. The van der Waals surface area contributed by atoms with Gasteiger partial charge in [-0.05, 0) is 39.0 Å². The molecule has 1 aliphatic carbocycles. The first-order valence-electron chi connectivity index (χ1n) is 8.60. The van der Waals surface area contributed by atoms with E-state index in [1.807, 2.05) is 7.11 Å². The number of hydrogen-bond acceptors (Lipinski definition) is 3. The van der Waals surface area contributed by atoms with Gasteiger partial charge in [0.15, 0.2) is 5.96 Å². The zero-order valence-electron chi connectivity index (χ0n) is 14.9. The van der Waals surface area contributed by atoms with E-state index < -0.39 is 0 Å². The van der Waals surface area contributed by atoms with Crippen molar-refractivity contribution < 1.29 is 9.47 Å². The van der Waals surface area contributed by atoms with Gasteiger partial charge in [-0.1, -0.05) is 13.8 Å². The first kappa shape index (κ1) is 17.5. The molecule has 0 amide bonds. The van der Waals surface area contributed by atoms with Crippen LogP contribution >= 0.6 is 0 Å². The molecule has 128 valence electrons. The molecule has 22 heavy (non-hydrogen) atoms. The molecule has 1 saturated heterocycles. The molecule has 0 radical (unpaired) electrons. The Morgan fingerprint density at radius 1 is 1.27 bits per heavy atom. The highest BCUT2D eigenvalue weighted by molar-refractivity contribution is 5.80. The Morgan fingerprint density at radius 3 is 2.50 bits per heavy atom. The first-order chi connectivity index (χ1) is 10.4. The van der Waals surface area contributed by atoms with Crippen molar-refractivity contribution in [1.82, 2.24) is 10.6 Å². The number of nitrogens with one attached hydrogen (secondary N) is 2. The average molecular weight is 311 g/mol. The van der Waals surface area contributed by atoms with E-state index in [1.165, 1.54) is 0 Å². The van der Waals surface area contributed by atoms with Crippen LogP contribution in [-0.4, -0.2) is 51.0 Å². The maximum Gasteiger partial charge on any atom is 0.191 e. The van der Waals surface area contributed by atoms with Crippen molar-refractivity contribution in [1.29, 1.82) is 0 Å². The number of ether oxygens (including phenoxy) is 2. The molecule has 2 unspecified atom stereocenters. The van der Waals surface area contributed by atoms with Gasteiger partial charge in [-0.2, -0.15) is 0 Å². The van der Waals surface area contributed by atoms with E-state index in [2.05, 4.69) is 38.3 Å². The second-order valence-corrected chi connectivity index (χ2v) is 7.33. The number of aliphatic imine (C=N–C) groups is 1. The number of hydrogen-bond donors (Lipinski definition) is 2. The van der Waals surface area contributed by atoms with Crippen LogP contribution in [0.15, 0.2) is 4.99 Å². The lowest BCUT2D eigenvalue weighted by Crippen LogP contribution is -2.69. The summed E-state index contributed by atoms with van der Waals surface area (Å²) in [7, 11) is 1.81. The summed E-state index contributed by atoms with van der Waals surface area (Å²) in [6.07, 6.45) is 3.26. The van der Waals surface area contributed by atoms with Crippen molar-refractivity contribution in [2.24, 2.45) is 16.3 Å². The minimum atomic E-state index is -0.0529. The summed E-state index contributed by atoms with van der Waals surface area (Å²) >= 11 is 0. The van der Waals surface area contributed by atoms with Gasteiger partial charge in [0.05, 0.1) is 5.60 Å². The Bertz CT molecular complexity index is 391. The summed E-state index contributed by atoms with van der Waals surface area (Å²) in [6, 6.07) is 0.393. The molecule has 5 nitrogen and oxygen atoms in total. The van der Waals surface area contributed by atoms with E-state index in [0.29, 0.717) is 12.0 Å². The molecule has 0 aromatic heterocycles. The summed E-state index contributed by atoms with van der Waals surface area (Å²) in [5.74, 6) is 1.59. The second kappa shape index (κ2) is 7.18.